The number of nitrogens with zero attached hydrogens (tertiary/aromatic N) is 1. The summed E-state index contributed by atoms with van der Waals surface area (Å²) in [6.45, 7) is 4.29. The van der Waals surface area contributed by atoms with Crippen molar-refractivity contribution < 1.29 is 21.9 Å². The van der Waals surface area contributed by atoms with Gasteiger partial charge in [0.2, 0.25) is 0 Å². The minimum Gasteiger partial charge on any atom is -1.00 e. The fourth-order valence-electron chi connectivity index (χ4n) is 1.74. The second kappa shape index (κ2) is 5.33. The Balaban J connectivity index is 0.00000112. The summed E-state index contributed by atoms with van der Waals surface area (Å²) in [5.74, 6) is 0. The van der Waals surface area contributed by atoms with Gasteiger partial charge in [-0.15, -0.1) is 0 Å². The van der Waals surface area contributed by atoms with Gasteiger partial charge in [-0.3, -0.25) is 4.90 Å². The Kier molecular flexibility index (Phi) is 4.36. The average Bonchev–Trinajstić information content (AvgIpc) is 2.56. The van der Waals surface area contributed by atoms with E-state index in [4.69, 9.17) is 0 Å². The Morgan fingerprint density at radius 3 is 2.47 bits per heavy atom. The fraction of sp³-hybridized carbons (Fsp3) is 0.333. The third-order valence-corrected chi connectivity index (χ3v) is 2.57. The molecule has 0 aliphatic carbocycles. The minimum atomic E-state index is 0. The molecule has 0 aromatic heterocycles. The molecular weight excluding hydrogens is 252 g/mol. The molecule has 1 aromatic rings. The largest absolute Gasteiger partial charge is 1.00 e. The lowest BCUT2D eigenvalue weighted by atomic mass is 10.1. The predicted molar refractivity (Wildman–Crippen MR) is 57.6 cm³/mol. The quantitative estimate of drug-likeness (QED) is 0.638. The lowest BCUT2D eigenvalue weighted by molar-refractivity contribution is -0.863. The molecule has 0 saturated carbocycles. The molecule has 0 bridgehead atoms. The van der Waals surface area contributed by atoms with Crippen molar-refractivity contribution in [3.8, 4) is 0 Å². The number of rotatable bonds is 2. The van der Waals surface area contributed by atoms with Crippen LogP contribution >= 0.6 is 0 Å². The van der Waals surface area contributed by atoms with Crippen molar-refractivity contribution in [3.05, 3.63) is 47.8 Å². The SMILES string of the molecule is Cc1ccc(C[NH+]2C=CN(C)C2)cc1.[Br-]. The Morgan fingerprint density at radius 2 is 1.93 bits per heavy atom. The summed E-state index contributed by atoms with van der Waals surface area (Å²) < 4.78 is 0. The zero-order valence-corrected chi connectivity index (χ0v) is 10.8. The van der Waals surface area contributed by atoms with E-state index in [2.05, 4.69) is 55.5 Å². The smallest absolute Gasteiger partial charge is 0.156 e. The van der Waals surface area contributed by atoms with Gasteiger partial charge < -0.3 is 21.9 Å². The van der Waals surface area contributed by atoms with Gasteiger partial charge in [0.05, 0.1) is 6.20 Å². The maximum atomic E-state index is 2.22. The van der Waals surface area contributed by atoms with E-state index in [1.54, 1.807) is 0 Å². The van der Waals surface area contributed by atoms with Crippen molar-refractivity contribution in [2.75, 3.05) is 13.7 Å². The number of nitrogens with one attached hydrogen (secondary N) is 1. The fourth-order valence-corrected chi connectivity index (χ4v) is 1.74. The van der Waals surface area contributed by atoms with E-state index in [1.165, 1.54) is 16.0 Å². The van der Waals surface area contributed by atoms with E-state index in [9.17, 15) is 0 Å². The first-order chi connectivity index (χ1) is 6.74. The topological polar surface area (TPSA) is 7.68 Å². The van der Waals surface area contributed by atoms with Crippen LogP contribution < -0.4 is 21.9 Å². The summed E-state index contributed by atoms with van der Waals surface area (Å²) in [6.07, 6.45) is 4.36. The summed E-state index contributed by atoms with van der Waals surface area (Å²) in [6, 6.07) is 8.79. The van der Waals surface area contributed by atoms with Gasteiger partial charge in [-0.1, -0.05) is 29.8 Å². The molecule has 0 amide bonds. The van der Waals surface area contributed by atoms with E-state index < -0.39 is 0 Å². The van der Waals surface area contributed by atoms with Gasteiger partial charge in [-0.05, 0) is 6.92 Å². The number of hydrogen-bond donors (Lipinski definition) is 1. The van der Waals surface area contributed by atoms with Crippen LogP contribution in [0.15, 0.2) is 36.7 Å². The van der Waals surface area contributed by atoms with Crippen LogP contribution in [0.2, 0.25) is 0 Å². The summed E-state index contributed by atoms with van der Waals surface area (Å²) >= 11 is 0. The minimum absolute atomic E-state index is 0. The molecule has 1 aliphatic rings. The number of aryl methyl sites for hydroxylation is 1. The highest BCUT2D eigenvalue weighted by Gasteiger charge is 2.13. The standard InChI is InChI=1S/C12H16N2.BrH/c1-11-3-5-12(6-4-11)9-14-8-7-13(2)10-14;/h3-8H,9-10H2,1-2H3;1H. The predicted octanol–water partition coefficient (Wildman–Crippen LogP) is -2.24. The van der Waals surface area contributed by atoms with Crippen LogP contribution in [0, 0.1) is 6.92 Å². The molecule has 0 radical (unpaired) electrons. The maximum absolute atomic E-state index is 2.22. The van der Waals surface area contributed by atoms with Gasteiger partial charge in [0.15, 0.2) is 6.67 Å². The van der Waals surface area contributed by atoms with E-state index in [-0.39, 0.29) is 17.0 Å². The highest BCUT2D eigenvalue weighted by Crippen LogP contribution is 2.01. The van der Waals surface area contributed by atoms with Crippen LogP contribution in [0.4, 0.5) is 0 Å². The molecule has 1 unspecified atom stereocenters. The molecule has 0 saturated heterocycles. The molecule has 1 aromatic carbocycles. The van der Waals surface area contributed by atoms with E-state index in [1.807, 2.05) is 0 Å². The molecule has 1 atom stereocenters. The molecule has 2 nitrogen and oxygen atoms in total. The van der Waals surface area contributed by atoms with E-state index in [0.717, 1.165) is 13.2 Å². The van der Waals surface area contributed by atoms with Crippen LogP contribution in [0.1, 0.15) is 11.1 Å². The number of hydrogen-bond acceptors (Lipinski definition) is 1. The van der Waals surface area contributed by atoms with Crippen molar-refractivity contribution in [1.82, 2.24) is 4.90 Å². The molecule has 1 N–H and O–H groups in total. The first kappa shape index (κ1) is 12.3. The highest BCUT2D eigenvalue weighted by atomic mass is 79.9. The summed E-state index contributed by atoms with van der Waals surface area (Å²) in [4.78, 5) is 3.71. The van der Waals surface area contributed by atoms with Gasteiger partial charge in [0, 0.05) is 12.6 Å². The Hall–Kier alpha value is -0.800. The number of benzene rings is 1. The van der Waals surface area contributed by atoms with Crippen LogP contribution in [-0.2, 0) is 6.54 Å². The zero-order chi connectivity index (χ0) is 9.97. The molecule has 0 spiro atoms. The highest BCUT2D eigenvalue weighted by molar-refractivity contribution is 5.20. The molecular formula is C12H17BrN2. The summed E-state index contributed by atoms with van der Waals surface area (Å²) in [7, 11) is 2.11. The molecule has 1 aliphatic heterocycles. The molecule has 1 heterocycles. The van der Waals surface area contributed by atoms with Crippen LogP contribution in [0.3, 0.4) is 0 Å². The number of halogens is 1. The third-order valence-electron chi connectivity index (χ3n) is 2.57. The van der Waals surface area contributed by atoms with Crippen molar-refractivity contribution >= 4 is 0 Å². The zero-order valence-electron chi connectivity index (χ0n) is 9.20. The lowest BCUT2D eigenvalue weighted by Crippen LogP contribution is -3.05. The first-order valence-electron chi connectivity index (χ1n) is 5.03. The van der Waals surface area contributed by atoms with Gasteiger partial charge in [0.25, 0.3) is 0 Å². The third kappa shape index (κ3) is 3.36. The van der Waals surface area contributed by atoms with E-state index >= 15 is 0 Å². The summed E-state index contributed by atoms with van der Waals surface area (Å²) in [5, 5.41) is 0. The van der Waals surface area contributed by atoms with Crippen molar-refractivity contribution in [2.45, 2.75) is 13.5 Å². The lowest BCUT2D eigenvalue weighted by Gasteiger charge is -2.12. The second-order valence-corrected chi connectivity index (χ2v) is 4.05. The normalized spacial score (nSPS) is 19.1. The van der Waals surface area contributed by atoms with Crippen molar-refractivity contribution in [2.24, 2.45) is 0 Å². The molecule has 2 rings (SSSR count). The van der Waals surface area contributed by atoms with E-state index in [0.29, 0.717) is 0 Å². The van der Waals surface area contributed by atoms with Crippen LogP contribution in [-0.4, -0.2) is 18.6 Å². The van der Waals surface area contributed by atoms with Gasteiger partial charge in [-0.2, -0.15) is 0 Å². The second-order valence-electron chi connectivity index (χ2n) is 4.05. The molecule has 0 fully saturated rings. The summed E-state index contributed by atoms with van der Waals surface area (Å²) in [5.41, 5.74) is 2.74. The van der Waals surface area contributed by atoms with Crippen molar-refractivity contribution in [3.63, 3.8) is 0 Å². The monoisotopic (exact) mass is 268 g/mol. The van der Waals surface area contributed by atoms with Gasteiger partial charge >= 0.3 is 0 Å². The average molecular weight is 269 g/mol. The molecule has 15 heavy (non-hydrogen) atoms. The molecule has 82 valence electrons. The first-order valence-corrected chi connectivity index (χ1v) is 5.03. The van der Waals surface area contributed by atoms with Crippen LogP contribution in [0.5, 0.6) is 0 Å². The number of quaternary nitrogens is 1. The molecule has 3 heteroatoms. The van der Waals surface area contributed by atoms with Crippen LogP contribution in [0.25, 0.3) is 0 Å². The van der Waals surface area contributed by atoms with Gasteiger partial charge in [-0.25, -0.2) is 0 Å². The Bertz CT molecular complexity index is 332. The maximum Gasteiger partial charge on any atom is 0.156 e. The Labute approximate surface area is 102 Å². The van der Waals surface area contributed by atoms with Crippen molar-refractivity contribution in [1.29, 1.82) is 0 Å². The Morgan fingerprint density at radius 1 is 1.27 bits per heavy atom. The van der Waals surface area contributed by atoms with Gasteiger partial charge in [0.1, 0.15) is 12.7 Å².